The van der Waals surface area contributed by atoms with Gasteiger partial charge in [0.1, 0.15) is 11.5 Å². The number of nitrogens with one attached hydrogen (secondary N) is 4. The van der Waals surface area contributed by atoms with E-state index in [4.69, 9.17) is 0 Å². The number of halogens is 1. The van der Waals surface area contributed by atoms with Gasteiger partial charge in [0.15, 0.2) is 0 Å². The maximum atomic E-state index is 12.4. The van der Waals surface area contributed by atoms with Crippen molar-refractivity contribution in [1.29, 1.82) is 0 Å². The molecule has 0 bridgehead atoms. The third-order valence-corrected chi connectivity index (χ3v) is 4.89. The Bertz CT molecular complexity index is 859. The topological polar surface area (TPSA) is 130 Å². The van der Waals surface area contributed by atoms with Crippen LogP contribution in [0.15, 0.2) is 42.4 Å². The quantitative estimate of drug-likeness (QED) is 0.278. The Hall–Kier alpha value is -3.11. The lowest BCUT2D eigenvalue weighted by molar-refractivity contribution is 0.102. The molecule has 0 spiro atoms. The van der Waals surface area contributed by atoms with Gasteiger partial charge in [-0.2, -0.15) is 0 Å². The number of alkyl halides is 1. The van der Waals surface area contributed by atoms with Crippen molar-refractivity contribution in [2.45, 2.75) is 72.7 Å². The van der Waals surface area contributed by atoms with Crippen LogP contribution in [0.2, 0.25) is 0 Å². The van der Waals surface area contributed by atoms with Crippen molar-refractivity contribution in [3.8, 4) is 0 Å². The molecule has 0 aromatic carbocycles. The monoisotopic (exact) mass is 527 g/mol. The number of carbonyl (C=O) groups excluding carboxylic acids is 2. The summed E-state index contributed by atoms with van der Waals surface area (Å²) in [6.45, 7) is 21.3. The molecule has 8 nitrogen and oxygen atoms in total. The fourth-order valence-corrected chi connectivity index (χ4v) is 2.67. The zero-order chi connectivity index (χ0) is 26.7. The van der Waals surface area contributed by atoms with Gasteiger partial charge in [0, 0.05) is 22.3 Å². The number of aromatic nitrogens is 2. The van der Waals surface area contributed by atoms with Gasteiger partial charge in [-0.15, -0.1) is 0 Å². The van der Waals surface area contributed by atoms with E-state index in [1.807, 2.05) is 48.5 Å². The standard InChI is InChI=1S/C20H25N5O2S.2C2H6.CH3F.CH4.H2O/c1-6-13-11-16(22-15(13)7-2)18(26)23-17-10-9-14(12-21-17)28-25-19(27)24-20(4,5)8-3;3*1-2;;/h6-7,9-12,22H,1-2,8H2,3-5H3,(H,21,23,26)(H2,24,25,27);2*1-2H3;1H3;1H4;1H2. The van der Waals surface area contributed by atoms with Crippen LogP contribution in [0.25, 0.3) is 12.2 Å². The van der Waals surface area contributed by atoms with Crippen LogP contribution >= 0.6 is 11.9 Å². The summed E-state index contributed by atoms with van der Waals surface area (Å²) in [5, 5.41) is 5.60. The van der Waals surface area contributed by atoms with Crippen LogP contribution in [0, 0.1) is 0 Å². The van der Waals surface area contributed by atoms with Crippen LogP contribution in [-0.2, 0) is 0 Å². The highest BCUT2D eigenvalue weighted by molar-refractivity contribution is 7.98. The van der Waals surface area contributed by atoms with E-state index in [0.717, 1.165) is 34.5 Å². The number of aromatic amines is 1. The molecule has 0 saturated heterocycles. The molecule has 206 valence electrons. The normalized spacial score (nSPS) is 8.92. The van der Waals surface area contributed by atoms with Crippen molar-refractivity contribution in [2.75, 3.05) is 12.5 Å². The summed E-state index contributed by atoms with van der Waals surface area (Å²) >= 11 is 1.15. The van der Waals surface area contributed by atoms with Crippen molar-refractivity contribution in [1.82, 2.24) is 20.0 Å². The minimum Gasteiger partial charge on any atom is -0.412 e. The van der Waals surface area contributed by atoms with Crippen molar-refractivity contribution < 1.29 is 19.5 Å². The van der Waals surface area contributed by atoms with Crippen molar-refractivity contribution in [2.24, 2.45) is 0 Å². The lowest BCUT2D eigenvalue weighted by Gasteiger charge is -2.24. The molecule has 2 heterocycles. The second-order valence-corrected chi connectivity index (χ2v) is 7.57. The Labute approximate surface area is 221 Å². The highest BCUT2D eigenvalue weighted by Gasteiger charge is 2.17. The molecule has 36 heavy (non-hydrogen) atoms. The second-order valence-electron chi connectivity index (χ2n) is 6.69. The average molecular weight is 528 g/mol. The summed E-state index contributed by atoms with van der Waals surface area (Å²) in [4.78, 5) is 32.2. The average Bonchev–Trinajstić information content (AvgIpc) is 3.31. The van der Waals surface area contributed by atoms with Crippen LogP contribution in [-0.4, -0.2) is 40.1 Å². The number of anilines is 1. The lowest BCUT2D eigenvalue weighted by Crippen LogP contribution is -2.46. The van der Waals surface area contributed by atoms with Crippen molar-refractivity contribution in [3.63, 3.8) is 0 Å². The van der Waals surface area contributed by atoms with Gasteiger partial charge in [-0.3, -0.25) is 13.9 Å². The highest BCUT2D eigenvalue weighted by Crippen LogP contribution is 2.18. The van der Waals surface area contributed by atoms with Crippen LogP contribution in [0.3, 0.4) is 0 Å². The number of rotatable bonds is 8. The number of amides is 3. The van der Waals surface area contributed by atoms with E-state index in [-0.39, 0.29) is 30.4 Å². The second kappa shape index (κ2) is 22.4. The molecule has 2 rings (SSSR count). The molecule has 0 aliphatic rings. The third-order valence-electron chi connectivity index (χ3n) is 4.12. The van der Waals surface area contributed by atoms with Gasteiger partial charge >= 0.3 is 6.03 Å². The predicted octanol–water partition coefficient (Wildman–Crippen LogP) is 6.89. The van der Waals surface area contributed by atoms with Gasteiger partial charge in [-0.25, -0.2) is 9.78 Å². The molecular formula is C26H46FN5O3S. The lowest BCUT2D eigenvalue weighted by atomic mass is 10.0. The molecule has 6 N–H and O–H groups in total. The van der Waals surface area contributed by atoms with E-state index < -0.39 is 0 Å². The van der Waals surface area contributed by atoms with Crippen LogP contribution in [0.5, 0.6) is 0 Å². The van der Waals surface area contributed by atoms with Crippen LogP contribution in [0.4, 0.5) is 15.0 Å². The molecule has 0 radical (unpaired) electrons. The maximum absolute atomic E-state index is 12.4. The summed E-state index contributed by atoms with van der Waals surface area (Å²) in [7, 11) is 0.500. The largest absolute Gasteiger partial charge is 0.412 e. The summed E-state index contributed by atoms with van der Waals surface area (Å²) in [6.07, 6.45) is 5.68. The van der Waals surface area contributed by atoms with E-state index in [9.17, 15) is 14.0 Å². The molecule has 0 unspecified atom stereocenters. The SMILES string of the molecule is C.C=Cc1cc(C(=O)Nc2ccc(SNC(=O)NC(C)(C)CC)cn2)[nH]c1C=C.CC.CC.CF.O. The molecule has 2 aromatic rings. The molecule has 0 saturated carbocycles. The summed E-state index contributed by atoms with van der Waals surface area (Å²) < 4.78 is 12.2. The number of H-pyrrole nitrogens is 1. The third kappa shape index (κ3) is 14.3. The Morgan fingerprint density at radius 2 is 1.72 bits per heavy atom. The van der Waals surface area contributed by atoms with E-state index in [1.54, 1.807) is 36.5 Å². The molecule has 0 atom stereocenters. The summed E-state index contributed by atoms with van der Waals surface area (Å²) in [6, 6.07) is 4.86. The first kappa shape index (κ1) is 40.1. The first-order valence-electron chi connectivity index (χ1n) is 11.2. The van der Waals surface area contributed by atoms with Crippen LogP contribution < -0.4 is 15.4 Å². The van der Waals surface area contributed by atoms with Gasteiger partial charge in [-0.05, 0) is 62.1 Å². The number of nitrogens with zero attached hydrogens (tertiary/aromatic N) is 1. The molecule has 10 heteroatoms. The van der Waals surface area contributed by atoms with Crippen molar-refractivity contribution >= 4 is 41.9 Å². The number of urea groups is 1. The molecule has 2 aromatic heterocycles. The van der Waals surface area contributed by atoms with Gasteiger partial charge in [0.2, 0.25) is 0 Å². The fourth-order valence-electron chi connectivity index (χ4n) is 2.17. The van der Waals surface area contributed by atoms with Crippen LogP contribution in [0.1, 0.15) is 84.1 Å². The number of pyridine rings is 1. The number of hydrogen-bond donors (Lipinski definition) is 4. The van der Waals surface area contributed by atoms with Gasteiger partial charge < -0.3 is 21.1 Å². The zero-order valence-electron chi connectivity index (χ0n) is 22.1. The van der Waals surface area contributed by atoms with E-state index in [1.165, 1.54) is 0 Å². The Morgan fingerprint density at radius 3 is 2.14 bits per heavy atom. The number of carbonyl (C=O) groups is 2. The minimum absolute atomic E-state index is 0. The van der Waals surface area contributed by atoms with Gasteiger partial charge in [-0.1, -0.05) is 61.3 Å². The maximum Gasteiger partial charge on any atom is 0.325 e. The molecule has 0 aliphatic heterocycles. The minimum atomic E-state index is -0.316. The Morgan fingerprint density at radius 1 is 1.14 bits per heavy atom. The molecule has 3 amide bonds. The first-order chi connectivity index (χ1) is 16.3. The Balaban J connectivity index is -0.000000594. The Kier molecular flexibility index (Phi) is 24.9. The van der Waals surface area contributed by atoms with E-state index >= 15 is 0 Å². The zero-order valence-corrected chi connectivity index (χ0v) is 23.0. The molecule has 0 fully saturated rings. The first-order valence-corrected chi connectivity index (χ1v) is 12.0. The van der Waals surface area contributed by atoms with Crippen molar-refractivity contribution in [3.05, 3.63) is 54.5 Å². The predicted molar refractivity (Wildman–Crippen MR) is 155 cm³/mol. The fraction of sp³-hybridized carbons (Fsp3) is 0.423. The van der Waals surface area contributed by atoms with Gasteiger partial charge in [0.05, 0.1) is 7.18 Å². The van der Waals surface area contributed by atoms with E-state index in [0.29, 0.717) is 18.7 Å². The number of hydrogen-bond acceptors (Lipinski definition) is 4. The smallest absolute Gasteiger partial charge is 0.325 e. The summed E-state index contributed by atoms with van der Waals surface area (Å²) in [5.74, 6) is 0.0872. The highest BCUT2D eigenvalue weighted by atomic mass is 32.2. The summed E-state index contributed by atoms with van der Waals surface area (Å²) in [5.41, 5.74) is 1.65. The van der Waals surface area contributed by atoms with E-state index in [2.05, 4.69) is 38.5 Å². The molecule has 0 aliphatic carbocycles. The van der Waals surface area contributed by atoms with Gasteiger partial charge in [0.25, 0.3) is 5.91 Å². The molecular weight excluding hydrogens is 481 g/mol.